The van der Waals surface area contributed by atoms with E-state index < -0.39 is 22.0 Å². The summed E-state index contributed by atoms with van der Waals surface area (Å²) in [5.74, 6) is -1.24. The Kier molecular flexibility index (Phi) is 5.89. The summed E-state index contributed by atoms with van der Waals surface area (Å²) in [4.78, 5) is 10.9. The molecule has 0 saturated heterocycles. The van der Waals surface area contributed by atoms with Crippen LogP contribution in [0.4, 0.5) is 0 Å². The van der Waals surface area contributed by atoms with Gasteiger partial charge in [-0.05, 0) is 40.4 Å². The summed E-state index contributed by atoms with van der Waals surface area (Å²) in [5, 5.41) is 18.2. The molecule has 0 heterocycles. The number of benzene rings is 1. The van der Waals surface area contributed by atoms with E-state index >= 15 is 0 Å². The van der Waals surface area contributed by atoms with Crippen molar-refractivity contribution >= 4 is 31.9 Å². The van der Waals surface area contributed by atoms with Crippen LogP contribution in [0.5, 0.6) is 0 Å². The zero-order valence-electron chi connectivity index (χ0n) is 11.5. The first-order chi connectivity index (χ1) is 9.69. The topological polar surface area (TPSA) is 107 Å². The second-order valence-corrected chi connectivity index (χ2v) is 7.40. The van der Waals surface area contributed by atoms with E-state index in [0.717, 1.165) is 0 Å². The van der Waals surface area contributed by atoms with Gasteiger partial charge in [-0.15, -0.1) is 0 Å². The van der Waals surface area contributed by atoms with E-state index in [2.05, 4.69) is 20.7 Å². The molecule has 6 nitrogen and oxygen atoms in total. The fraction of sp³-hybridized carbons (Fsp3) is 0.385. The Morgan fingerprint density at radius 2 is 2.10 bits per heavy atom. The minimum absolute atomic E-state index is 0.00625. The number of carboxylic acid groups (broad SMARTS) is 1. The molecule has 1 atom stereocenters. The van der Waals surface area contributed by atoms with E-state index in [9.17, 15) is 13.2 Å². The van der Waals surface area contributed by atoms with E-state index in [1.165, 1.54) is 12.1 Å². The van der Waals surface area contributed by atoms with Crippen molar-refractivity contribution in [2.75, 3.05) is 0 Å². The highest BCUT2D eigenvalue weighted by Crippen LogP contribution is 2.24. The first kappa shape index (κ1) is 17.6. The van der Waals surface area contributed by atoms with Gasteiger partial charge in [-0.1, -0.05) is 19.9 Å². The van der Waals surface area contributed by atoms with Crippen LogP contribution in [0.2, 0.25) is 0 Å². The number of halogens is 1. The minimum atomic E-state index is -4.10. The maximum absolute atomic E-state index is 12.3. The van der Waals surface area contributed by atoms with Gasteiger partial charge in [-0.25, -0.2) is 8.42 Å². The lowest BCUT2D eigenvalue weighted by Gasteiger charge is -2.17. The first-order valence-corrected chi connectivity index (χ1v) is 8.40. The van der Waals surface area contributed by atoms with E-state index in [-0.39, 0.29) is 22.8 Å². The Hall–Kier alpha value is -1.43. The second-order valence-electron chi connectivity index (χ2n) is 4.87. The molecule has 8 heteroatoms. The molecule has 0 radical (unpaired) electrons. The summed E-state index contributed by atoms with van der Waals surface area (Å²) in [5.41, 5.74) is -0.0568. The highest BCUT2D eigenvalue weighted by atomic mass is 79.9. The maximum atomic E-state index is 12.3. The predicted octanol–water partition coefficient (Wildman–Crippen LogP) is 2.10. The van der Waals surface area contributed by atoms with Crippen molar-refractivity contribution in [3.05, 3.63) is 28.2 Å². The van der Waals surface area contributed by atoms with Gasteiger partial charge < -0.3 is 5.11 Å². The quantitative estimate of drug-likeness (QED) is 0.792. The summed E-state index contributed by atoms with van der Waals surface area (Å²) < 4.78 is 27.1. The molecule has 0 amide bonds. The van der Waals surface area contributed by atoms with Crippen molar-refractivity contribution in [3.63, 3.8) is 0 Å². The second kappa shape index (κ2) is 7.02. The van der Waals surface area contributed by atoms with Crippen LogP contribution in [0.3, 0.4) is 0 Å². The van der Waals surface area contributed by atoms with Gasteiger partial charge in [0.1, 0.15) is 17.0 Å². The summed E-state index contributed by atoms with van der Waals surface area (Å²) in [6, 6.07) is 4.84. The monoisotopic (exact) mass is 374 g/mol. The number of hydrogen-bond donors (Lipinski definition) is 2. The predicted molar refractivity (Wildman–Crippen MR) is 80.1 cm³/mol. The number of sulfonamides is 1. The van der Waals surface area contributed by atoms with E-state index in [1.54, 1.807) is 26.0 Å². The molecule has 114 valence electrons. The number of nitrogens with zero attached hydrogens (tertiary/aromatic N) is 1. The van der Waals surface area contributed by atoms with Crippen molar-refractivity contribution in [1.82, 2.24) is 4.72 Å². The Morgan fingerprint density at radius 3 is 2.57 bits per heavy atom. The zero-order valence-corrected chi connectivity index (χ0v) is 13.9. The molecule has 1 unspecified atom stereocenters. The molecule has 0 aliphatic heterocycles. The molecule has 1 rings (SSSR count). The van der Waals surface area contributed by atoms with Gasteiger partial charge in [0, 0.05) is 4.47 Å². The SMILES string of the molecule is CC(C)CC(NS(=O)(=O)c1cccc(Br)c1C#N)C(=O)O. The summed E-state index contributed by atoms with van der Waals surface area (Å²) in [7, 11) is -4.10. The van der Waals surface area contributed by atoms with Crippen LogP contribution in [-0.4, -0.2) is 25.5 Å². The third-order valence-corrected chi connectivity index (χ3v) is 4.85. The van der Waals surface area contributed by atoms with Gasteiger partial charge in [-0.2, -0.15) is 9.98 Å². The molecular formula is C13H15BrN2O4S. The van der Waals surface area contributed by atoms with Crippen LogP contribution in [0.25, 0.3) is 0 Å². The molecule has 0 bridgehead atoms. The van der Waals surface area contributed by atoms with Gasteiger partial charge in [0.2, 0.25) is 10.0 Å². The van der Waals surface area contributed by atoms with Gasteiger partial charge in [0.05, 0.1) is 5.56 Å². The lowest BCUT2D eigenvalue weighted by atomic mass is 10.1. The maximum Gasteiger partial charge on any atom is 0.321 e. The number of carbonyl (C=O) groups is 1. The minimum Gasteiger partial charge on any atom is -0.480 e. The molecule has 2 N–H and O–H groups in total. The van der Waals surface area contributed by atoms with Crippen LogP contribution in [0, 0.1) is 17.2 Å². The molecule has 1 aromatic carbocycles. The number of rotatable bonds is 6. The molecular weight excluding hydrogens is 360 g/mol. The number of aliphatic carboxylic acids is 1. The lowest BCUT2D eigenvalue weighted by Crippen LogP contribution is -2.41. The van der Waals surface area contributed by atoms with E-state index in [0.29, 0.717) is 4.47 Å². The average molecular weight is 375 g/mol. The Morgan fingerprint density at radius 1 is 1.48 bits per heavy atom. The number of nitriles is 1. The largest absolute Gasteiger partial charge is 0.480 e. The van der Waals surface area contributed by atoms with Crippen LogP contribution in [0.15, 0.2) is 27.6 Å². The van der Waals surface area contributed by atoms with Gasteiger partial charge >= 0.3 is 5.97 Å². The summed E-state index contributed by atoms with van der Waals surface area (Å²) >= 11 is 3.10. The first-order valence-electron chi connectivity index (χ1n) is 6.12. The third kappa shape index (κ3) is 4.52. The van der Waals surface area contributed by atoms with E-state index in [4.69, 9.17) is 10.4 Å². The smallest absolute Gasteiger partial charge is 0.321 e. The van der Waals surface area contributed by atoms with Gasteiger partial charge in [0.25, 0.3) is 0 Å². The van der Waals surface area contributed by atoms with Crippen molar-refractivity contribution < 1.29 is 18.3 Å². The number of hydrogen-bond acceptors (Lipinski definition) is 4. The molecule has 0 saturated carbocycles. The van der Waals surface area contributed by atoms with E-state index in [1.807, 2.05) is 0 Å². The highest BCUT2D eigenvalue weighted by molar-refractivity contribution is 9.10. The molecule has 1 aromatic rings. The molecule has 21 heavy (non-hydrogen) atoms. The summed E-state index contributed by atoms with van der Waals surface area (Å²) in [6.07, 6.45) is 0.157. The molecule has 0 aliphatic carbocycles. The molecule has 0 aliphatic rings. The normalized spacial score (nSPS) is 12.9. The third-order valence-electron chi connectivity index (χ3n) is 2.68. The summed E-state index contributed by atoms with van der Waals surface area (Å²) in [6.45, 7) is 3.59. The van der Waals surface area contributed by atoms with Crippen molar-refractivity contribution in [3.8, 4) is 6.07 Å². The van der Waals surface area contributed by atoms with Crippen molar-refractivity contribution in [2.45, 2.75) is 31.2 Å². The van der Waals surface area contributed by atoms with Crippen LogP contribution >= 0.6 is 15.9 Å². The highest BCUT2D eigenvalue weighted by Gasteiger charge is 2.28. The average Bonchev–Trinajstić information content (AvgIpc) is 2.36. The number of carboxylic acids is 1. The molecule has 0 aromatic heterocycles. The molecule has 0 fully saturated rings. The fourth-order valence-corrected chi connectivity index (χ4v) is 3.73. The fourth-order valence-electron chi connectivity index (χ4n) is 1.76. The Labute approximate surface area is 132 Å². The lowest BCUT2D eigenvalue weighted by molar-refractivity contribution is -0.139. The Balaban J connectivity index is 3.21. The van der Waals surface area contributed by atoms with Gasteiger partial charge in [0.15, 0.2) is 0 Å². The van der Waals surface area contributed by atoms with Crippen LogP contribution in [0.1, 0.15) is 25.8 Å². The van der Waals surface area contributed by atoms with Crippen LogP contribution in [-0.2, 0) is 14.8 Å². The van der Waals surface area contributed by atoms with Crippen LogP contribution < -0.4 is 4.72 Å². The number of nitrogens with one attached hydrogen (secondary N) is 1. The standard InChI is InChI=1S/C13H15BrN2O4S/c1-8(2)6-11(13(17)18)16-21(19,20)12-5-3-4-10(14)9(12)7-15/h3-5,8,11,16H,6H2,1-2H3,(H,17,18). The molecule has 0 spiro atoms. The Bertz CT molecular complexity index is 680. The van der Waals surface area contributed by atoms with Crippen molar-refractivity contribution in [2.24, 2.45) is 5.92 Å². The van der Waals surface area contributed by atoms with Crippen molar-refractivity contribution in [1.29, 1.82) is 5.26 Å². The van der Waals surface area contributed by atoms with Gasteiger partial charge in [-0.3, -0.25) is 4.79 Å². The zero-order chi connectivity index (χ0) is 16.2.